The third-order valence-electron chi connectivity index (χ3n) is 3.39. The molecule has 0 saturated heterocycles. The summed E-state index contributed by atoms with van der Waals surface area (Å²) in [5.41, 5.74) is 0.341. The number of halogens is 2. The third kappa shape index (κ3) is 5.18. The van der Waals surface area contributed by atoms with Gasteiger partial charge in [0.2, 0.25) is 0 Å². The van der Waals surface area contributed by atoms with Gasteiger partial charge in [0.15, 0.2) is 6.10 Å². The highest BCUT2D eigenvalue weighted by Crippen LogP contribution is 2.25. The number of hydrogen-bond donors (Lipinski definition) is 1. The smallest absolute Gasteiger partial charge is 0.311 e. The molecule has 0 aliphatic heterocycles. The number of para-hydroxylation sites is 1. The van der Waals surface area contributed by atoms with Gasteiger partial charge in [-0.3, -0.25) is 19.7 Å². The van der Waals surface area contributed by atoms with E-state index < -0.39 is 22.9 Å². The second-order valence-corrected chi connectivity index (χ2v) is 6.15. The average Bonchev–Trinajstić information content (AvgIpc) is 2.57. The summed E-state index contributed by atoms with van der Waals surface area (Å²) in [5.74, 6) is -1.35. The summed E-state index contributed by atoms with van der Waals surface area (Å²) in [5, 5.41) is 14.1. The van der Waals surface area contributed by atoms with Crippen molar-refractivity contribution < 1.29 is 19.2 Å². The van der Waals surface area contributed by atoms with Gasteiger partial charge in [-0.15, -0.1) is 0 Å². The number of ether oxygens (including phenoxy) is 1. The molecule has 1 N–H and O–H groups in total. The number of esters is 1. The SMILES string of the molecule is C[C@H](OC(=O)Cc1ccccc1[N+](=O)[O-])C(=O)Nc1ccc(Cl)cc1Cl. The molecule has 26 heavy (non-hydrogen) atoms. The van der Waals surface area contributed by atoms with E-state index in [9.17, 15) is 19.7 Å². The van der Waals surface area contributed by atoms with E-state index >= 15 is 0 Å². The van der Waals surface area contributed by atoms with Crippen molar-refractivity contribution in [2.75, 3.05) is 5.32 Å². The summed E-state index contributed by atoms with van der Waals surface area (Å²) in [7, 11) is 0. The molecule has 0 bridgehead atoms. The van der Waals surface area contributed by atoms with Crippen molar-refractivity contribution in [1.82, 2.24) is 0 Å². The highest BCUT2D eigenvalue weighted by atomic mass is 35.5. The van der Waals surface area contributed by atoms with E-state index in [2.05, 4.69) is 5.32 Å². The van der Waals surface area contributed by atoms with Gasteiger partial charge >= 0.3 is 5.97 Å². The summed E-state index contributed by atoms with van der Waals surface area (Å²) < 4.78 is 5.04. The predicted octanol–water partition coefficient (Wildman–Crippen LogP) is 4.01. The van der Waals surface area contributed by atoms with Crippen LogP contribution in [0.2, 0.25) is 10.0 Å². The molecule has 0 fully saturated rings. The Morgan fingerprint density at radius 1 is 1.23 bits per heavy atom. The van der Waals surface area contributed by atoms with Crippen molar-refractivity contribution in [3.8, 4) is 0 Å². The zero-order valence-corrected chi connectivity index (χ0v) is 15.1. The molecule has 2 aromatic rings. The van der Waals surface area contributed by atoms with Crippen molar-refractivity contribution in [1.29, 1.82) is 0 Å². The Bertz CT molecular complexity index is 857. The number of rotatable bonds is 6. The largest absolute Gasteiger partial charge is 0.452 e. The van der Waals surface area contributed by atoms with Gasteiger partial charge in [-0.25, -0.2) is 0 Å². The molecule has 0 spiro atoms. The van der Waals surface area contributed by atoms with Crippen LogP contribution in [0.3, 0.4) is 0 Å². The maximum absolute atomic E-state index is 12.1. The topological polar surface area (TPSA) is 98.5 Å². The maximum Gasteiger partial charge on any atom is 0.311 e. The van der Waals surface area contributed by atoms with E-state index in [0.29, 0.717) is 10.7 Å². The average molecular weight is 397 g/mol. The molecule has 0 radical (unpaired) electrons. The van der Waals surface area contributed by atoms with E-state index in [1.54, 1.807) is 12.1 Å². The molecule has 0 heterocycles. The minimum absolute atomic E-state index is 0.186. The first kappa shape index (κ1) is 19.7. The lowest BCUT2D eigenvalue weighted by Crippen LogP contribution is -2.30. The van der Waals surface area contributed by atoms with Crippen LogP contribution in [0.25, 0.3) is 0 Å². The Labute approximate surface area is 159 Å². The molecular formula is C17H14Cl2N2O5. The maximum atomic E-state index is 12.1. The Hall–Kier alpha value is -2.64. The highest BCUT2D eigenvalue weighted by Gasteiger charge is 2.21. The summed E-state index contributed by atoms with van der Waals surface area (Å²) in [6, 6.07) is 10.4. The number of nitro benzene ring substituents is 1. The number of nitrogens with one attached hydrogen (secondary N) is 1. The van der Waals surface area contributed by atoms with Crippen LogP contribution in [0.15, 0.2) is 42.5 Å². The van der Waals surface area contributed by atoms with Gasteiger partial charge in [0, 0.05) is 16.7 Å². The van der Waals surface area contributed by atoms with Crippen molar-refractivity contribution >= 4 is 46.5 Å². The lowest BCUT2D eigenvalue weighted by Gasteiger charge is -2.14. The van der Waals surface area contributed by atoms with Crippen LogP contribution in [-0.4, -0.2) is 22.9 Å². The number of anilines is 1. The minimum Gasteiger partial charge on any atom is -0.452 e. The number of carbonyl (C=O) groups is 2. The first-order valence-corrected chi connectivity index (χ1v) is 8.21. The van der Waals surface area contributed by atoms with Gasteiger partial charge in [-0.2, -0.15) is 0 Å². The van der Waals surface area contributed by atoms with E-state index in [-0.39, 0.29) is 22.7 Å². The van der Waals surface area contributed by atoms with Crippen molar-refractivity contribution in [3.63, 3.8) is 0 Å². The number of nitro groups is 1. The van der Waals surface area contributed by atoms with Crippen LogP contribution < -0.4 is 5.32 Å². The quantitative estimate of drug-likeness (QED) is 0.451. The molecule has 0 aromatic heterocycles. The molecule has 0 unspecified atom stereocenters. The number of hydrogen-bond acceptors (Lipinski definition) is 5. The Morgan fingerprint density at radius 3 is 2.58 bits per heavy atom. The molecule has 9 heteroatoms. The molecule has 2 rings (SSSR count). The summed E-state index contributed by atoms with van der Waals surface area (Å²) in [4.78, 5) is 34.5. The van der Waals surface area contributed by atoms with Crippen molar-refractivity contribution in [2.45, 2.75) is 19.4 Å². The van der Waals surface area contributed by atoms with Crippen LogP contribution in [0, 0.1) is 10.1 Å². The lowest BCUT2D eigenvalue weighted by molar-refractivity contribution is -0.385. The number of amides is 1. The van der Waals surface area contributed by atoms with Crippen molar-refractivity contribution in [3.05, 3.63) is 68.2 Å². The molecule has 0 aliphatic rings. The van der Waals surface area contributed by atoms with E-state index in [4.69, 9.17) is 27.9 Å². The Kier molecular flexibility index (Phi) is 6.54. The fourth-order valence-electron chi connectivity index (χ4n) is 2.11. The number of carbonyl (C=O) groups excluding carboxylic acids is 2. The molecule has 1 atom stereocenters. The molecule has 7 nitrogen and oxygen atoms in total. The molecule has 136 valence electrons. The molecule has 0 aliphatic carbocycles. The van der Waals surface area contributed by atoms with Gasteiger partial charge in [0.25, 0.3) is 11.6 Å². The predicted molar refractivity (Wildman–Crippen MR) is 97.4 cm³/mol. The van der Waals surface area contributed by atoms with Crippen LogP contribution in [0.5, 0.6) is 0 Å². The normalized spacial score (nSPS) is 11.5. The van der Waals surface area contributed by atoms with Gasteiger partial charge in [-0.1, -0.05) is 41.4 Å². The van der Waals surface area contributed by atoms with Gasteiger partial charge in [0.1, 0.15) is 0 Å². The van der Waals surface area contributed by atoms with E-state index in [1.807, 2.05) is 0 Å². The first-order chi connectivity index (χ1) is 12.3. The zero-order valence-electron chi connectivity index (χ0n) is 13.6. The van der Waals surface area contributed by atoms with E-state index in [1.165, 1.54) is 37.3 Å². The monoisotopic (exact) mass is 396 g/mol. The minimum atomic E-state index is -1.11. The van der Waals surface area contributed by atoms with E-state index in [0.717, 1.165) is 0 Å². The second kappa shape index (κ2) is 8.64. The molecule has 2 aromatic carbocycles. The fourth-order valence-corrected chi connectivity index (χ4v) is 2.57. The van der Waals surface area contributed by atoms with Crippen LogP contribution in [0.1, 0.15) is 12.5 Å². The lowest BCUT2D eigenvalue weighted by atomic mass is 10.1. The third-order valence-corrected chi connectivity index (χ3v) is 3.94. The van der Waals surface area contributed by atoms with Gasteiger partial charge in [0.05, 0.1) is 22.1 Å². The summed E-state index contributed by atoms with van der Waals surface area (Å²) in [6.45, 7) is 1.39. The molecule has 1 amide bonds. The summed E-state index contributed by atoms with van der Waals surface area (Å²) >= 11 is 11.8. The number of nitrogens with zero attached hydrogens (tertiary/aromatic N) is 1. The molecule has 0 saturated carbocycles. The standard InChI is InChI=1S/C17H14Cl2N2O5/c1-10(17(23)20-14-7-6-12(18)9-13(14)19)26-16(22)8-11-4-2-3-5-15(11)21(24)25/h2-7,9-10H,8H2,1H3,(H,20,23)/t10-/m0/s1. The Morgan fingerprint density at radius 2 is 1.92 bits per heavy atom. The Balaban J connectivity index is 1.98. The van der Waals surface area contributed by atoms with Gasteiger partial charge < -0.3 is 10.1 Å². The highest BCUT2D eigenvalue weighted by molar-refractivity contribution is 6.36. The summed E-state index contributed by atoms with van der Waals surface area (Å²) in [6.07, 6.45) is -1.44. The van der Waals surface area contributed by atoms with Crippen LogP contribution in [0.4, 0.5) is 11.4 Å². The molecular weight excluding hydrogens is 383 g/mol. The van der Waals surface area contributed by atoms with Gasteiger partial charge in [-0.05, 0) is 25.1 Å². The zero-order chi connectivity index (χ0) is 19.3. The van der Waals surface area contributed by atoms with Crippen LogP contribution in [-0.2, 0) is 20.7 Å². The van der Waals surface area contributed by atoms with Crippen molar-refractivity contribution in [2.24, 2.45) is 0 Å². The second-order valence-electron chi connectivity index (χ2n) is 5.31. The fraction of sp³-hybridized carbons (Fsp3) is 0.176. The van der Waals surface area contributed by atoms with Crippen LogP contribution >= 0.6 is 23.2 Å². The number of benzene rings is 2. The first-order valence-electron chi connectivity index (χ1n) is 7.45.